The molecule has 2 fully saturated rings. The van der Waals surface area contributed by atoms with Gasteiger partial charge in [0.25, 0.3) is 0 Å². The van der Waals surface area contributed by atoms with Crippen molar-refractivity contribution >= 4 is 0 Å². The van der Waals surface area contributed by atoms with Gasteiger partial charge in [-0.05, 0) is 62.3 Å². The highest BCUT2D eigenvalue weighted by Crippen LogP contribution is 2.31. The zero-order valence-corrected chi connectivity index (χ0v) is 12.8. The van der Waals surface area contributed by atoms with Crippen molar-refractivity contribution in [2.75, 3.05) is 6.54 Å². The van der Waals surface area contributed by atoms with Crippen LogP contribution >= 0.6 is 0 Å². The minimum Gasteiger partial charge on any atom is -0.314 e. The van der Waals surface area contributed by atoms with Gasteiger partial charge in [-0.1, -0.05) is 40.0 Å². The standard InChI is InChI=1S/C17H33N/c1-13(2)15-8-10-17(11-9-15)18-12-16-7-5-4-6-14(16)3/h13-18H,4-12H2,1-3H3. The third kappa shape index (κ3) is 3.98. The lowest BCUT2D eigenvalue weighted by molar-refractivity contribution is 0.206. The Balaban J connectivity index is 1.65. The van der Waals surface area contributed by atoms with Gasteiger partial charge in [0.2, 0.25) is 0 Å². The highest BCUT2D eigenvalue weighted by atomic mass is 14.9. The van der Waals surface area contributed by atoms with Crippen LogP contribution in [0.1, 0.15) is 72.1 Å². The van der Waals surface area contributed by atoms with Crippen molar-refractivity contribution in [3.8, 4) is 0 Å². The summed E-state index contributed by atoms with van der Waals surface area (Å²) in [7, 11) is 0. The van der Waals surface area contributed by atoms with E-state index in [1.807, 2.05) is 0 Å². The van der Waals surface area contributed by atoms with Crippen LogP contribution < -0.4 is 5.32 Å². The maximum absolute atomic E-state index is 3.88. The molecule has 2 aliphatic carbocycles. The van der Waals surface area contributed by atoms with Gasteiger partial charge < -0.3 is 5.32 Å². The summed E-state index contributed by atoms with van der Waals surface area (Å²) >= 11 is 0. The van der Waals surface area contributed by atoms with Gasteiger partial charge in [-0.25, -0.2) is 0 Å². The molecule has 2 aliphatic rings. The van der Waals surface area contributed by atoms with Crippen molar-refractivity contribution in [3.63, 3.8) is 0 Å². The molecular formula is C17H33N. The Kier molecular flexibility index (Phi) is 5.54. The molecule has 2 rings (SSSR count). The van der Waals surface area contributed by atoms with Gasteiger partial charge in [0.1, 0.15) is 0 Å². The zero-order chi connectivity index (χ0) is 13.0. The van der Waals surface area contributed by atoms with E-state index in [1.54, 1.807) is 0 Å². The molecule has 0 aromatic carbocycles. The average Bonchev–Trinajstić information content (AvgIpc) is 2.38. The highest BCUT2D eigenvalue weighted by molar-refractivity contribution is 4.81. The van der Waals surface area contributed by atoms with E-state index in [2.05, 4.69) is 26.1 Å². The van der Waals surface area contributed by atoms with E-state index in [-0.39, 0.29) is 0 Å². The van der Waals surface area contributed by atoms with Crippen molar-refractivity contribution in [1.29, 1.82) is 0 Å². The predicted octanol–water partition coefficient (Wildman–Crippen LogP) is 4.62. The fourth-order valence-corrected chi connectivity index (χ4v) is 4.00. The van der Waals surface area contributed by atoms with Crippen LogP contribution in [0.3, 0.4) is 0 Å². The molecule has 2 unspecified atom stereocenters. The monoisotopic (exact) mass is 251 g/mol. The number of hydrogen-bond donors (Lipinski definition) is 1. The summed E-state index contributed by atoms with van der Waals surface area (Å²) in [5.74, 6) is 3.81. The smallest absolute Gasteiger partial charge is 0.00673 e. The molecule has 0 amide bonds. The van der Waals surface area contributed by atoms with Crippen molar-refractivity contribution in [2.24, 2.45) is 23.7 Å². The lowest BCUT2D eigenvalue weighted by Crippen LogP contribution is -2.39. The molecule has 1 heteroatoms. The lowest BCUT2D eigenvalue weighted by Gasteiger charge is -2.34. The van der Waals surface area contributed by atoms with E-state index in [4.69, 9.17) is 0 Å². The SMILES string of the molecule is CC(C)C1CCC(NCC2CCCCC2C)CC1. The summed E-state index contributed by atoms with van der Waals surface area (Å²) < 4.78 is 0. The molecule has 1 nitrogen and oxygen atoms in total. The van der Waals surface area contributed by atoms with Crippen LogP contribution in [-0.2, 0) is 0 Å². The summed E-state index contributed by atoms with van der Waals surface area (Å²) in [5, 5.41) is 3.88. The van der Waals surface area contributed by atoms with E-state index in [0.29, 0.717) is 0 Å². The first-order valence-electron chi connectivity index (χ1n) is 8.40. The summed E-state index contributed by atoms with van der Waals surface area (Å²) in [4.78, 5) is 0. The molecule has 0 saturated heterocycles. The van der Waals surface area contributed by atoms with Gasteiger partial charge in [0, 0.05) is 6.04 Å². The largest absolute Gasteiger partial charge is 0.314 e. The fraction of sp³-hybridized carbons (Fsp3) is 1.00. The van der Waals surface area contributed by atoms with Crippen LogP contribution in [0.25, 0.3) is 0 Å². The summed E-state index contributed by atoms with van der Waals surface area (Å²) in [6.45, 7) is 8.53. The Labute approximate surface area is 114 Å². The molecule has 1 N–H and O–H groups in total. The molecular weight excluding hydrogens is 218 g/mol. The van der Waals surface area contributed by atoms with Crippen molar-refractivity contribution in [2.45, 2.75) is 78.2 Å². The van der Waals surface area contributed by atoms with Crippen LogP contribution in [0.2, 0.25) is 0 Å². The van der Waals surface area contributed by atoms with E-state index in [0.717, 1.165) is 29.7 Å². The molecule has 2 atom stereocenters. The van der Waals surface area contributed by atoms with Gasteiger partial charge in [-0.3, -0.25) is 0 Å². The Hall–Kier alpha value is -0.0400. The van der Waals surface area contributed by atoms with Gasteiger partial charge >= 0.3 is 0 Å². The normalized spacial score (nSPS) is 38.0. The second kappa shape index (κ2) is 6.93. The molecule has 0 radical (unpaired) electrons. The number of nitrogens with one attached hydrogen (secondary N) is 1. The first-order valence-corrected chi connectivity index (χ1v) is 8.40. The second-order valence-electron chi connectivity index (χ2n) is 7.29. The van der Waals surface area contributed by atoms with Crippen molar-refractivity contribution < 1.29 is 0 Å². The van der Waals surface area contributed by atoms with Crippen LogP contribution in [0.4, 0.5) is 0 Å². The maximum Gasteiger partial charge on any atom is 0.00673 e. The highest BCUT2D eigenvalue weighted by Gasteiger charge is 2.25. The summed E-state index contributed by atoms with van der Waals surface area (Å²) in [5.41, 5.74) is 0. The average molecular weight is 251 g/mol. The van der Waals surface area contributed by atoms with Crippen LogP contribution in [0, 0.1) is 23.7 Å². The second-order valence-corrected chi connectivity index (χ2v) is 7.29. The minimum atomic E-state index is 0.828. The predicted molar refractivity (Wildman–Crippen MR) is 79.7 cm³/mol. The molecule has 0 bridgehead atoms. The number of rotatable bonds is 4. The summed E-state index contributed by atoms with van der Waals surface area (Å²) in [6.07, 6.45) is 11.6. The minimum absolute atomic E-state index is 0.828. The third-order valence-corrected chi connectivity index (χ3v) is 5.67. The number of hydrogen-bond acceptors (Lipinski definition) is 1. The van der Waals surface area contributed by atoms with E-state index in [1.165, 1.54) is 57.9 Å². The Morgan fingerprint density at radius 1 is 0.944 bits per heavy atom. The zero-order valence-electron chi connectivity index (χ0n) is 12.8. The molecule has 2 saturated carbocycles. The van der Waals surface area contributed by atoms with Gasteiger partial charge in [-0.2, -0.15) is 0 Å². The van der Waals surface area contributed by atoms with Crippen LogP contribution in [-0.4, -0.2) is 12.6 Å². The quantitative estimate of drug-likeness (QED) is 0.769. The molecule has 0 aromatic rings. The maximum atomic E-state index is 3.88. The first kappa shape index (κ1) is 14.4. The Morgan fingerprint density at radius 2 is 1.61 bits per heavy atom. The van der Waals surface area contributed by atoms with E-state index in [9.17, 15) is 0 Å². The lowest BCUT2D eigenvalue weighted by atomic mass is 9.78. The van der Waals surface area contributed by atoms with Gasteiger partial charge in [0.15, 0.2) is 0 Å². The third-order valence-electron chi connectivity index (χ3n) is 5.67. The van der Waals surface area contributed by atoms with E-state index < -0.39 is 0 Å². The molecule has 0 aliphatic heterocycles. The molecule has 18 heavy (non-hydrogen) atoms. The van der Waals surface area contributed by atoms with Gasteiger partial charge in [0.05, 0.1) is 0 Å². The van der Waals surface area contributed by atoms with Gasteiger partial charge in [-0.15, -0.1) is 0 Å². The van der Waals surface area contributed by atoms with E-state index >= 15 is 0 Å². The molecule has 0 spiro atoms. The van der Waals surface area contributed by atoms with Crippen LogP contribution in [0.15, 0.2) is 0 Å². The summed E-state index contributed by atoms with van der Waals surface area (Å²) in [6, 6.07) is 0.828. The molecule has 106 valence electrons. The molecule has 0 heterocycles. The van der Waals surface area contributed by atoms with Crippen LogP contribution in [0.5, 0.6) is 0 Å². The first-order chi connectivity index (χ1) is 8.66. The van der Waals surface area contributed by atoms with Crippen molar-refractivity contribution in [3.05, 3.63) is 0 Å². The molecule has 0 aromatic heterocycles. The Morgan fingerprint density at radius 3 is 2.22 bits per heavy atom. The Bertz CT molecular complexity index is 228. The fourth-order valence-electron chi connectivity index (χ4n) is 4.00. The van der Waals surface area contributed by atoms with Crippen molar-refractivity contribution in [1.82, 2.24) is 5.32 Å². The topological polar surface area (TPSA) is 12.0 Å².